The number of aromatic nitrogens is 1. The number of carbonyl (C=O) groups excluding carboxylic acids is 1. The molecule has 0 bridgehead atoms. The van der Waals surface area contributed by atoms with Crippen LogP contribution in [0.25, 0.3) is 0 Å². The molecule has 0 spiro atoms. The molecule has 114 valence electrons. The molecule has 0 atom stereocenters. The van der Waals surface area contributed by atoms with E-state index in [0.717, 1.165) is 19.4 Å². The van der Waals surface area contributed by atoms with Crippen molar-refractivity contribution in [2.45, 2.75) is 53.0 Å². The second-order valence-corrected chi connectivity index (χ2v) is 6.73. The van der Waals surface area contributed by atoms with Crippen LogP contribution in [-0.2, 0) is 0 Å². The fourth-order valence-corrected chi connectivity index (χ4v) is 2.41. The predicted molar refractivity (Wildman–Crippen MR) is 86.3 cm³/mol. The highest BCUT2D eigenvalue weighted by Gasteiger charge is 2.25. The molecular formula is C14H26N4OS. The van der Waals surface area contributed by atoms with Crippen molar-refractivity contribution in [1.29, 1.82) is 0 Å². The molecule has 0 radical (unpaired) electrons. The van der Waals surface area contributed by atoms with E-state index in [0.29, 0.717) is 21.7 Å². The lowest BCUT2D eigenvalue weighted by molar-refractivity contribution is 0.0906. The summed E-state index contributed by atoms with van der Waals surface area (Å²) < 4.78 is 0. The minimum absolute atomic E-state index is 0.135. The van der Waals surface area contributed by atoms with Crippen LogP contribution in [0, 0.1) is 5.92 Å². The van der Waals surface area contributed by atoms with Gasteiger partial charge in [-0.15, -0.1) is 0 Å². The maximum absolute atomic E-state index is 12.3. The lowest BCUT2D eigenvalue weighted by Gasteiger charge is -2.27. The van der Waals surface area contributed by atoms with Crippen molar-refractivity contribution in [3.63, 3.8) is 0 Å². The second kappa shape index (κ2) is 6.92. The number of hydrogen-bond acceptors (Lipinski definition) is 5. The molecule has 1 aromatic rings. The van der Waals surface area contributed by atoms with Gasteiger partial charge >= 0.3 is 0 Å². The smallest absolute Gasteiger partial charge is 0.265 e. The van der Waals surface area contributed by atoms with Gasteiger partial charge in [-0.25, -0.2) is 4.98 Å². The SMILES string of the molecule is CCC(C)(CC)NC(=O)c1sc(NCC(C)C)nc1N. The van der Waals surface area contributed by atoms with E-state index in [1.165, 1.54) is 11.3 Å². The number of nitrogens with one attached hydrogen (secondary N) is 2. The van der Waals surface area contributed by atoms with E-state index in [4.69, 9.17) is 5.73 Å². The van der Waals surface area contributed by atoms with Crippen LogP contribution < -0.4 is 16.4 Å². The summed E-state index contributed by atoms with van der Waals surface area (Å²) in [5, 5.41) is 6.95. The third kappa shape index (κ3) is 4.37. The van der Waals surface area contributed by atoms with E-state index in [-0.39, 0.29) is 11.4 Å². The van der Waals surface area contributed by atoms with Gasteiger partial charge in [0.1, 0.15) is 10.7 Å². The zero-order valence-electron chi connectivity index (χ0n) is 13.0. The maximum Gasteiger partial charge on any atom is 0.265 e. The Morgan fingerprint density at radius 1 is 1.40 bits per heavy atom. The van der Waals surface area contributed by atoms with Crippen LogP contribution in [-0.4, -0.2) is 23.0 Å². The number of hydrogen-bond donors (Lipinski definition) is 3. The van der Waals surface area contributed by atoms with Crippen LogP contribution >= 0.6 is 11.3 Å². The molecule has 0 saturated carbocycles. The van der Waals surface area contributed by atoms with Crippen LogP contribution in [0.4, 0.5) is 10.9 Å². The zero-order valence-corrected chi connectivity index (χ0v) is 13.9. The maximum atomic E-state index is 12.3. The van der Waals surface area contributed by atoms with E-state index in [1.807, 2.05) is 6.92 Å². The van der Waals surface area contributed by atoms with Crippen LogP contribution in [0.1, 0.15) is 57.1 Å². The quantitative estimate of drug-likeness (QED) is 0.722. The van der Waals surface area contributed by atoms with Gasteiger partial charge in [-0.2, -0.15) is 0 Å². The molecule has 0 unspecified atom stereocenters. The number of amides is 1. The molecule has 0 aliphatic rings. The first-order valence-electron chi connectivity index (χ1n) is 7.14. The summed E-state index contributed by atoms with van der Waals surface area (Å²) in [5.41, 5.74) is 5.65. The fourth-order valence-electron chi connectivity index (χ4n) is 1.62. The molecule has 0 aliphatic heterocycles. The van der Waals surface area contributed by atoms with Gasteiger partial charge in [-0.3, -0.25) is 4.79 Å². The van der Waals surface area contributed by atoms with Gasteiger partial charge in [0.05, 0.1) is 0 Å². The van der Waals surface area contributed by atoms with Gasteiger partial charge in [0.15, 0.2) is 5.13 Å². The minimum atomic E-state index is -0.195. The van der Waals surface area contributed by atoms with Crippen LogP contribution in [0.2, 0.25) is 0 Å². The van der Waals surface area contributed by atoms with Gasteiger partial charge in [-0.1, -0.05) is 39.0 Å². The summed E-state index contributed by atoms with van der Waals surface area (Å²) in [4.78, 5) is 17.0. The number of nitrogens with two attached hydrogens (primary N) is 1. The first-order valence-corrected chi connectivity index (χ1v) is 7.95. The van der Waals surface area contributed by atoms with Crippen molar-refractivity contribution in [3.8, 4) is 0 Å². The largest absolute Gasteiger partial charge is 0.382 e. The normalized spacial score (nSPS) is 11.7. The number of anilines is 2. The molecule has 1 rings (SSSR count). The number of nitrogen functional groups attached to an aromatic ring is 1. The average molecular weight is 298 g/mol. The Hall–Kier alpha value is -1.30. The first kappa shape index (κ1) is 16.8. The third-order valence-corrected chi connectivity index (χ3v) is 4.52. The topological polar surface area (TPSA) is 80.0 Å². The summed E-state index contributed by atoms with van der Waals surface area (Å²) in [5.74, 6) is 0.679. The fraction of sp³-hybridized carbons (Fsp3) is 0.714. The minimum Gasteiger partial charge on any atom is -0.382 e. The highest BCUT2D eigenvalue weighted by atomic mass is 32.1. The third-order valence-electron chi connectivity index (χ3n) is 3.50. The number of thiazole rings is 1. The molecule has 1 aromatic heterocycles. The molecule has 20 heavy (non-hydrogen) atoms. The Morgan fingerprint density at radius 2 is 2.00 bits per heavy atom. The number of nitrogens with zero attached hydrogens (tertiary/aromatic N) is 1. The standard InChI is InChI=1S/C14H26N4OS/c1-6-14(5,7-2)18-12(19)10-11(15)17-13(20-10)16-8-9(3)4/h9H,6-8,15H2,1-5H3,(H,16,17)(H,18,19). The van der Waals surface area contributed by atoms with Crippen molar-refractivity contribution >= 4 is 28.2 Å². The van der Waals surface area contributed by atoms with Crippen LogP contribution in [0.5, 0.6) is 0 Å². The van der Waals surface area contributed by atoms with Crippen molar-refractivity contribution in [2.75, 3.05) is 17.6 Å². The van der Waals surface area contributed by atoms with Crippen molar-refractivity contribution in [2.24, 2.45) is 5.92 Å². The Kier molecular flexibility index (Phi) is 5.80. The van der Waals surface area contributed by atoms with E-state index >= 15 is 0 Å². The summed E-state index contributed by atoms with van der Waals surface area (Å²) in [6.07, 6.45) is 1.76. The van der Waals surface area contributed by atoms with Gasteiger partial charge in [0.25, 0.3) is 5.91 Å². The van der Waals surface area contributed by atoms with Gasteiger partial charge in [-0.05, 0) is 25.7 Å². The molecule has 4 N–H and O–H groups in total. The lowest BCUT2D eigenvalue weighted by atomic mass is 9.95. The molecule has 1 amide bonds. The molecule has 5 nitrogen and oxygen atoms in total. The lowest BCUT2D eigenvalue weighted by Crippen LogP contribution is -2.44. The molecule has 1 heterocycles. The molecule has 0 fully saturated rings. The van der Waals surface area contributed by atoms with Crippen LogP contribution in [0.15, 0.2) is 0 Å². The van der Waals surface area contributed by atoms with Crippen molar-refractivity contribution < 1.29 is 4.79 Å². The van der Waals surface area contributed by atoms with Gasteiger partial charge in [0, 0.05) is 12.1 Å². The van der Waals surface area contributed by atoms with E-state index < -0.39 is 0 Å². The number of rotatable bonds is 7. The average Bonchev–Trinajstić information content (AvgIpc) is 2.77. The Balaban J connectivity index is 2.78. The highest BCUT2D eigenvalue weighted by molar-refractivity contribution is 7.18. The summed E-state index contributed by atoms with van der Waals surface area (Å²) in [7, 11) is 0. The van der Waals surface area contributed by atoms with Gasteiger partial charge in [0.2, 0.25) is 0 Å². The van der Waals surface area contributed by atoms with E-state index in [2.05, 4.69) is 43.3 Å². The first-order chi connectivity index (χ1) is 9.31. The molecule has 0 saturated heterocycles. The molecule has 0 aromatic carbocycles. The second-order valence-electron chi connectivity index (χ2n) is 5.73. The highest BCUT2D eigenvalue weighted by Crippen LogP contribution is 2.26. The monoisotopic (exact) mass is 298 g/mol. The van der Waals surface area contributed by atoms with E-state index in [1.54, 1.807) is 0 Å². The summed E-state index contributed by atoms with van der Waals surface area (Å²) >= 11 is 1.31. The Bertz CT molecular complexity index is 452. The van der Waals surface area contributed by atoms with Crippen LogP contribution in [0.3, 0.4) is 0 Å². The molecule has 0 aliphatic carbocycles. The van der Waals surface area contributed by atoms with Crippen molar-refractivity contribution in [3.05, 3.63) is 4.88 Å². The number of carbonyl (C=O) groups is 1. The Morgan fingerprint density at radius 3 is 2.50 bits per heavy atom. The van der Waals surface area contributed by atoms with E-state index in [9.17, 15) is 4.79 Å². The Labute approximate surface area is 125 Å². The predicted octanol–water partition coefficient (Wildman–Crippen LogP) is 3.10. The van der Waals surface area contributed by atoms with Crippen molar-refractivity contribution in [1.82, 2.24) is 10.3 Å². The molecular weight excluding hydrogens is 272 g/mol. The summed E-state index contributed by atoms with van der Waals surface area (Å²) in [6, 6.07) is 0. The summed E-state index contributed by atoms with van der Waals surface area (Å²) in [6.45, 7) is 11.2. The molecule has 6 heteroatoms. The zero-order chi connectivity index (χ0) is 15.3. The van der Waals surface area contributed by atoms with Gasteiger partial charge < -0.3 is 16.4 Å².